The van der Waals surface area contributed by atoms with Gasteiger partial charge in [-0.15, -0.1) is 11.8 Å². The number of hydrogen-bond acceptors (Lipinski definition) is 4. The standard InChI is InChI=1S/C13H18O3S/c1-14-10-5-6-13(12(8-10)15-2)17-9-11-4-3-7-16-11/h5-6,8,11H,3-4,7,9H2,1-2H3. The van der Waals surface area contributed by atoms with Crippen LogP contribution < -0.4 is 9.47 Å². The van der Waals surface area contributed by atoms with Gasteiger partial charge in [0.15, 0.2) is 0 Å². The molecule has 0 aliphatic carbocycles. The van der Waals surface area contributed by atoms with Gasteiger partial charge in [-0.2, -0.15) is 0 Å². The van der Waals surface area contributed by atoms with Gasteiger partial charge in [-0.3, -0.25) is 0 Å². The van der Waals surface area contributed by atoms with Crippen LogP contribution in [0.15, 0.2) is 23.1 Å². The van der Waals surface area contributed by atoms with Crippen molar-refractivity contribution in [1.29, 1.82) is 0 Å². The third kappa shape index (κ3) is 3.30. The van der Waals surface area contributed by atoms with Gasteiger partial charge in [-0.25, -0.2) is 0 Å². The molecule has 0 bridgehead atoms. The molecule has 94 valence electrons. The lowest BCUT2D eigenvalue weighted by Gasteiger charge is -2.12. The Morgan fingerprint density at radius 3 is 2.88 bits per heavy atom. The molecular weight excluding hydrogens is 236 g/mol. The van der Waals surface area contributed by atoms with Crippen LogP contribution in [0.4, 0.5) is 0 Å². The molecule has 0 radical (unpaired) electrons. The smallest absolute Gasteiger partial charge is 0.136 e. The second kappa shape index (κ2) is 6.17. The highest BCUT2D eigenvalue weighted by Crippen LogP contribution is 2.34. The minimum atomic E-state index is 0.395. The molecule has 0 spiro atoms. The molecule has 1 aromatic carbocycles. The number of thioether (sulfide) groups is 1. The van der Waals surface area contributed by atoms with E-state index in [2.05, 4.69) is 0 Å². The predicted molar refractivity (Wildman–Crippen MR) is 69.2 cm³/mol. The average Bonchev–Trinajstić information content (AvgIpc) is 2.89. The van der Waals surface area contributed by atoms with E-state index in [1.807, 2.05) is 18.2 Å². The molecule has 0 saturated carbocycles. The Balaban J connectivity index is 1.98. The summed E-state index contributed by atoms with van der Waals surface area (Å²) in [6.45, 7) is 0.908. The number of hydrogen-bond donors (Lipinski definition) is 0. The summed E-state index contributed by atoms with van der Waals surface area (Å²) in [6.07, 6.45) is 2.75. The summed E-state index contributed by atoms with van der Waals surface area (Å²) in [5, 5.41) is 0. The van der Waals surface area contributed by atoms with Gasteiger partial charge in [0.25, 0.3) is 0 Å². The first-order chi connectivity index (χ1) is 8.33. The lowest BCUT2D eigenvalue weighted by Crippen LogP contribution is -2.07. The van der Waals surface area contributed by atoms with Crippen LogP contribution >= 0.6 is 11.8 Å². The van der Waals surface area contributed by atoms with Gasteiger partial charge in [0.2, 0.25) is 0 Å². The minimum absolute atomic E-state index is 0.395. The highest BCUT2D eigenvalue weighted by molar-refractivity contribution is 7.99. The zero-order valence-electron chi connectivity index (χ0n) is 10.3. The van der Waals surface area contributed by atoms with Crippen molar-refractivity contribution >= 4 is 11.8 Å². The number of methoxy groups -OCH3 is 2. The van der Waals surface area contributed by atoms with Crippen LogP contribution in [0.2, 0.25) is 0 Å². The molecule has 1 unspecified atom stereocenters. The van der Waals surface area contributed by atoms with Crippen LogP contribution in [0.25, 0.3) is 0 Å². The molecular formula is C13H18O3S. The lowest BCUT2D eigenvalue weighted by molar-refractivity contribution is 0.129. The molecule has 3 nitrogen and oxygen atoms in total. The summed E-state index contributed by atoms with van der Waals surface area (Å²) in [5.41, 5.74) is 0. The highest BCUT2D eigenvalue weighted by Gasteiger charge is 2.16. The molecule has 1 fully saturated rings. The van der Waals surface area contributed by atoms with E-state index in [-0.39, 0.29) is 0 Å². The number of ether oxygens (including phenoxy) is 3. The fraction of sp³-hybridized carbons (Fsp3) is 0.538. The van der Waals surface area contributed by atoms with E-state index in [0.29, 0.717) is 6.10 Å². The molecule has 1 saturated heterocycles. The molecule has 2 rings (SSSR count). The SMILES string of the molecule is COc1ccc(SCC2CCCO2)c(OC)c1. The Kier molecular flexibility index (Phi) is 4.57. The van der Waals surface area contributed by atoms with Gasteiger partial charge in [-0.05, 0) is 25.0 Å². The molecule has 4 heteroatoms. The second-order valence-corrected chi connectivity index (χ2v) is 5.02. The largest absolute Gasteiger partial charge is 0.497 e. The fourth-order valence-corrected chi connectivity index (χ4v) is 2.93. The van der Waals surface area contributed by atoms with Crippen LogP contribution in [0.5, 0.6) is 11.5 Å². The van der Waals surface area contributed by atoms with Crippen molar-refractivity contribution in [3.8, 4) is 11.5 Å². The Morgan fingerprint density at radius 2 is 2.24 bits per heavy atom. The fourth-order valence-electron chi connectivity index (χ4n) is 1.85. The summed E-state index contributed by atoms with van der Waals surface area (Å²) < 4.78 is 16.1. The summed E-state index contributed by atoms with van der Waals surface area (Å²) in [5.74, 6) is 2.68. The van der Waals surface area contributed by atoms with E-state index in [1.165, 1.54) is 12.8 Å². The van der Waals surface area contributed by atoms with Crippen molar-refractivity contribution in [1.82, 2.24) is 0 Å². The quantitative estimate of drug-likeness (QED) is 0.755. The molecule has 1 aliphatic rings. The Labute approximate surface area is 106 Å². The lowest BCUT2D eigenvalue weighted by atomic mass is 10.3. The Morgan fingerprint density at radius 1 is 1.35 bits per heavy atom. The zero-order valence-corrected chi connectivity index (χ0v) is 11.1. The van der Waals surface area contributed by atoms with E-state index in [4.69, 9.17) is 14.2 Å². The van der Waals surface area contributed by atoms with E-state index in [9.17, 15) is 0 Å². The maximum atomic E-state index is 5.61. The van der Waals surface area contributed by atoms with Crippen LogP contribution in [-0.4, -0.2) is 32.7 Å². The molecule has 1 heterocycles. The first-order valence-corrected chi connectivity index (χ1v) is 6.78. The Bertz CT molecular complexity index is 362. The Hall–Kier alpha value is -0.870. The molecule has 17 heavy (non-hydrogen) atoms. The minimum Gasteiger partial charge on any atom is -0.497 e. The van der Waals surface area contributed by atoms with E-state index in [0.717, 1.165) is 28.8 Å². The molecule has 0 N–H and O–H groups in total. The van der Waals surface area contributed by atoms with Crippen molar-refractivity contribution in [2.45, 2.75) is 23.8 Å². The third-order valence-corrected chi connectivity index (χ3v) is 4.01. The second-order valence-electron chi connectivity index (χ2n) is 3.96. The van der Waals surface area contributed by atoms with Crippen LogP contribution in [0.3, 0.4) is 0 Å². The maximum Gasteiger partial charge on any atom is 0.136 e. The van der Waals surface area contributed by atoms with Gasteiger partial charge in [0, 0.05) is 23.3 Å². The van der Waals surface area contributed by atoms with E-state index in [1.54, 1.807) is 26.0 Å². The van der Waals surface area contributed by atoms with Gasteiger partial charge in [0.1, 0.15) is 11.5 Å². The van der Waals surface area contributed by atoms with Gasteiger partial charge >= 0.3 is 0 Å². The normalized spacial score (nSPS) is 19.3. The summed E-state index contributed by atoms with van der Waals surface area (Å²) in [4.78, 5) is 1.14. The highest BCUT2D eigenvalue weighted by atomic mass is 32.2. The van der Waals surface area contributed by atoms with Gasteiger partial charge in [-0.1, -0.05) is 0 Å². The van der Waals surface area contributed by atoms with Crippen LogP contribution in [0, 0.1) is 0 Å². The van der Waals surface area contributed by atoms with Crippen LogP contribution in [0.1, 0.15) is 12.8 Å². The van der Waals surface area contributed by atoms with Gasteiger partial charge < -0.3 is 14.2 Å². The first-order valence-electron chi connectivity index (χ1n) is 5.80. The molecule has 0 amide bonds. The van der Waals surface area contributed by atoms with Gasteiger partial charge in [0.05, 0.1) is 20.3 Å². The maximum absolute atomic E-state index is 5.61. The monoisotopic (exact) mass is 254 g/mol. The van der Waals surface area contributed by atoms with Crippen molar-refractivity contribution in [3.63, 3.8) is 0 Å². The number of benzene rings is 1. The topological polar surface area (TPSA) is 27.7 Å². The first kappa shape index (κ1) is 12.6. The van der Waals surface area contributed by atoms with Crippen molar-refractivity contribution < 1.29 is 14.2 Å². The average molecular weight is 254 g/mol. The summed E-state index contributed by atoms with van der Waals surface area (Å²) >= 11 is 1.78. The summed E-state index contributed by atoms with van der Waals surface area (Å²) in [6, 6.07) is 5.91. The van der Waals surface area contributed by atoms with E-state index >= 15 is 0 Å². The van der Waals surface area contributed by atoms with Crippen molar-refractivity contribution in [2.24, 2.45) is 0 Å². The van der Waals surface area contributed by atoms with Crippen molar-refractivity contribution in [2.75, 3.05) is 26.6 Å². The predicted octanol–water partition coefficient (Wildman–Crippen LogP) is 2.97. The van der Waals surface area contributed by atoms with Crippen LogP contribution in [-0.2, 0) is 4.74 Å². The molecule has 0 aromatic heterocycles. The van der Waals surface area contributed by atoms with E-state index < -0.39 is 0 Å². The molecule has 1 aliphatic heterocycles. The molecule has 1 atom stereocenters. The third-order valence-electron chi connectivity index (χ3n) is 2.82. The number of rotatable bonds is 5. The summed E-state index contributed by atoms with van der Waals surface area (Å²) in [7, 11) is 3.35. The zero-order chi connectivity index (χ0) is 12.1. The molecule has 1 aromatic rings. The van der Waals surface area contributed by atoms with Crippen molar-refractivity contribution in [3.05, 3.63) is 18.2 Å².